The number of nitrogen functional groups attached to an aromatic ring is 1. The van der Waals surface area contributed by atoms with E-state index in [1.807, 2.05) is 12.1 Å². The van der Waals surface area contributed by atoms with Crippen molar-refractivity contribution in [2.24, 2.45) is 0 Å². The number of rotatable bonds is 5. The first-order chi connectivity index (χ1) is 7.51. The van der Waals surface area contributed by atoms with Gasteiger partial charge in [0, 0.05) is 0 Å². The van der Waals surface area contributed by atoms with Crippen LogP contribution in [0.25, 0.3) is 0 Å². The number of nitrogens with two attached hydrogens (primary N) is 1. The Morgan fingerprint density at radius 2 is 1.94 bits per heavy atom. The topological polar surface area (TPSA) is 35.2 Å². The average molecular weight is 221 g/mol. The minimum absolute atomic E-state index is 0.178. The first-order valence-electron chi connectivity index (χ1n) is 6.04. The second-order valence-electron chi connectivity index (χ2n) is 4.84. The molecule has 1 aromatic rings. The molecule has 0 atom stereocenters. The van der Waals surface area contributed by atoms with Gasteiger partial charge in [-0.15, -0.1) is 0 Å². The van der Waals surface area contributed by atoms with E-state index in [-0.39, 0.29) is 5.41 Å². The molecule has 0 aliphatic heterocycles. The maximum Gasteiger partial charge on any atom is 0.142 e. The van der Waals surface area contributed by atoms with E-state index in [0.717, 1.165) is 30.9 Å². The standard InChI is InChI=1S/C14H23NO/c1-5-9-16-13-8-7-11(10-12(13)15)14(3,4)6-2/h7-8,10H,5-6,9,15H2,1-4H3. The molecular formula is C14H23NO. The van der Waals surface area contributed by atoms with Crippen LogP contribution < -0.4 is 10.5 Å². The zero-order valence-corrected chi connectivity index (χ0v) is 10.8. The molecule has 1 aromatic carbocycles. The molecule has 0 aliphatic carbocycles. The molecule has 16 heavy (non-hydrogen) atoms. The minimum atomic E-state index is 0.178. The molecule has 0 spiro atoms. The van der Waals surface area contributed by atoms with Crippen molar-refractivity contribution in [2.45, 2.75) is 46.0 Å². The predicted octanol–water partition coefficient (Wildman–Crippen LogP) is 3.75. The van der Waals surface area contributed by atoms with Gasteiger partial charge < -0.3 is 10.5 Å². The molecule has 2 N–H and O–H groups in total. The van der Waals surface area contributed by atoms with Crippen molar-refractivity contribution in [3.05, 3.63) is 23.8 Å². The van der Waals surface area contributed by atoms with Crippen molar-refractivity contribution in [3.8, 4) is 5.75 Å². The quantitative estimate of drug-likeness (QED) is 0.769. The van der Waals surface area contributed by atoms with Crippen LogP contribution >= 0.6 is 0 Å². The highest BCUT2D eigenvalue weighted by atomic mass is 16.5. The zero-order chi connectivity index (χ0) is 12.2. The first kappa shape index (κ1) is 12.9. The Balaban J connectivity index is 2.90. The van der Waals surface area contributed by atoms with E-state index < -0.39 is 0 Å². The molecule has 2 heteroatoms. The van der Waals surface area contributed by atoms with Gasteiger partial charge in [-0.2, -0.15) is 0 Å². The molecular weight excluding hydrogens is 198 g/mol. The van der Waals surface area contributed by atoms with Crippen LogP contribution in [0.2, 0.25) is 0 Å². The van der Waals surface area contributed by atoms with Gasteiger partial charge in [0.05, 0.1) is 12.3 Å². The van der Waals surface area contributed by atoms with Gasteiger partial charge in [0.2, 0.25) is 0 Å². The molecule has 2 nitrogen and oxygen atoms in total. The molecule has 0 unspecified atom stereocenters. The van der Waals surface area contributed by atoms with Gasteiger partial charge in [-0.25, -0.2) is 0 Å². The molecule has 0 bridgehead atoms. The third kappa shape index (κ3) is 2.91. The fourth-order valence-corrected chi connectivity index (χ4v) is 1.52. The summed E-state index contributed by atoms with van der Waals surface area (Å²) in [5.74, 6) is 0.803. The summed E-state index contributed by atoms with van der Waals surface area (Å²) in [6.45, 7) is 9.46. The summed E-state index contributed by atoms with van der Waals surface area (Å²) >= 11 is 0. The number of ether oxygens (including phenoxy) is 1. The monoisotopic (exact) mass is 221 g/mol. The second-order valence-corrected chi connectivity index (χ2v) is 4.84. The van der Waals surface area contributed by atoms with E-state index in [1.165, 1.54) is 5.56 Å². The smallest absolute Gasteiger partial charge is 0.142 e. The van der Waals surface area contributed by atoms with Crippen molar-refractivity contribution in [1.29, 1.82) is 0 Å². The van der Waals surface area contributed by atoms with Gasteiger partial charge >= 0.3 is 0 Å². The van der Waals surface area contributed by atoms with Gasteiger partial charge in [-0.05, 0) is 36.0 Å². The normalized spacial score (nSPS) is 11.5. The Hall–Kier alpha value is -1.18. The van der Waals surface area contributed by atoms with E-state index in [9.17, 15) is 0 Å². The van der Waals surface area contributed by atoms with Crippen molar-refractivity contribution in [3.63, 3.8) is 0 Å². The van der Waals surface area contributed by atoms with Crippen LogP contribution in [0.15, 0.2) is 18.2 Å². The van der Waals surface area contributed by atoms with Crippen LogP contribution in [0.3, 0.4) is 0 Å². The lowest BCUT2D eigenvalue weighted by Gasteiger charge is -2.24. The van der Waals surface area contributed by atoms with Crippen molar-refractivity contribution in [1.82, 2.24) is 0 Å². The summed E-state index contributed by atoms with van der Waals surface area (Å²) in [5, 5.41) is 0. The van der Waals surface area contributed by atoms with E-state index in [4.69, 9.17) is 10.5 Å². The Bertz CT molecular complexity index is 345. The van der Waals surface area contributed by atoms with Crippen molar-refractivity contribution in [2.75, 3.05) is 12.3 Å². The van der Waals surface area contributed by atoms with E-state index in [1.54, 1.807) is 0 Å². The van der Waals surface area contributed by atoms with E-state index >= 15 is 0 Å². The largest absolute Gasteiger partial charge is 0.491 e. The Morgan fingerprint density at radius 1 is 1.25 bits per heavy atom. The van der Waals surface area contributed by atoms with Crippen molar-refractivity contribution < 1.29 is 4.74 Å². The Kier molecular flexibility index (Phi) is 4.22. The fourth-order valence-electron chi connectivity index (χ4n) is 1.52. The first-order valence-corrected chi connectivity index (χ1v) is 6.04. The summed E-state index contributed by atoms with van der Waals surface area (Å²) in [6.07, 6.45) is 2.10. The summed E-state index contributed by atoms with van der Waals surface area (Å²) in [4.78, 5) is 0. The lowest BCUT2D eigenvalue weighted by molar-refractivity contribution is 0.319. The number of anilines is 1. The van der Waals surface area contributed by atoms with Gasteiger partial charge in [-0.1, -0.05) is 33.8 Å². The highest BCUT2D eigenvalue weighted by Gasteiger charge is 2.18. The molecule has 0 saturated heterocycles. The molecule has 0 amide bonds. The van der Waals surface area contributed by atoms with Crippen LogP contribution in [0, 0.1) is 0 Å². The number of hydrogen-bond acceptors (Lipinski definition) is 2. The number of benzene rings is 1. The summed E-state index contributed by atoms with van der Waals surface area (Å²) in [6, 6.07) is 6.14. The summed E-state index contributed by atoms with van der Waals surface area (Å²) in [5.41, 5.74) is 8.18. The molecule has 1 rings (SSSR count). The highest BCUT2D eigenvalue weighted by molar-refractivity contribution is 5.55. The maximum atomic E-state index is 5.99. The van der Waals surface area contributed by atoms with Crippen LogP contribution in [0.4, 0.5) is 5.69 Å². The fraction of sp³-hybridized carbons (Fsp3) is 0.571. The SMILES string of the molecule is CCCOc1ccc(C(C)(C)CC)cc1N. The van der Waals surface area contributed by atoms with Gasteiger partial charge in [0.1, 0.15) is 5.75 Å². The summed E-state index contributed by atoms with van der Waals surface area (Å²) in [7, 11) is 0. The van der Waals surface area contributed by atoms with Crippen LogP contribution in [0.5, 0.6) is 5.75 Å². The third-order valence-electron chi connectivity index (χ3n) is 3.14. The molecule has 0 aliphatic rings. The second kappa shape index (κ2) is 5.24. The summed E-state index contributed by atoms with van der Waals surface area (Å²) < 4.78 is 5.56. The van der Waals surface area contributed by atoms with Crippen LogP contribution in [0.1, 0.15) is 46.1 Å². The van der Waals surface area contributed by atoms with E-state index in [0.29, 0.717) is 0 Å². The maximum absolute atomic E-state index is 5.99. The third-order valence-corrected chi connectivity index (χ3v) is 3.14. The van der Waals surface area contributed by atoms with Gasteiger partial charge in [-0.3, -0.25) is 0 Å². The molecule has 0 aromatic heterocycles. The molecule has 0 heterocycles. The van der Waals surface area contributed by atoms with Gasteiger partial charge in [0.15, 0.2) is 0 Å². The van der Waals surface area contributed by atoms with Crippen LogP contribution in [-0.2, 0) is 5.41 Å². The molecule has 0 saturated carbocycles. The molecule has 90 valence electrons. The van der Waals surface area contributed by atoms with Gasteiger partial charge in [0.25, 0.3) is 0 Å². The lowest BCUT2D eigenvalue weighted by atomic mass is 9.82. The predicted molar refractivity (Wildman–Crippen MR) is 70.0 cm³/mol. The van der Waals surface area contributed by atoms with E-state index in [2.05, 4.69) is 33.8 Å². The Labute approximate surface area is 98.8 Å². The zero-order valence-electron chi connectivity index (χ0n) is 10.8. The minimum Gasteiger partial charge on any atom is -0.491 e. The lowest BCUT2D eigenvalue weighted by Crippen LogP contribution is -2.15. The van der Waals surface area contributed by atoms with Crippen molar-refractivity contribution >= 4 is 5.69 Å². The highest BCUT2D eigenvalue weighted by Crippen LogP contribution is 2.31. The Morgan fingerprint density at radius 3 is 2.44 bits per heavy atom. The molecule has 0 fully saturated rings. The molecule has 0 radical (unpaired) electrons. The number of hydrogen-bond donors (Lipinski definition) is 1. The van der Waals surface area contributed by atoms with Crippen LogP contribution in [-0.4, -0.2) is 6.61 Å². The average Bonchev–Trinajstić information content (AvgIpc) is 2.27.